The Labute approximate surface area is 165 Å². The molecule has 1 N–H and O–H groups in total. The van der Waals surface area contributed by atoms with Crippen LogP contribution < -0.4 is 5.32 Å². The summed E-state index contributed by atoms with van der Waals surface area (Å²) in [6.45, 7) is 1.98. The standard InChI is InChI=1S/C22H26FN3O2/c1-22(21(28)26(2)3)11-5-8-18(13-22)25-20(27)16-9-10-19(24-14-16)15-6-4-7-17(23)12-15/h4,6-7,9-10,12,14,18H,5,8,11,13H2,1-3H3,(H,25,27)/t18-,22+/m1/s1. The van der Waals surface area contributed by atoms with Crippen LogP contribution in [0.15, 0.2) is 42.6 Å². The maximum atomic E-state index is 13.4. The van der Waals surface area contributed by atoms with E-state index in [-0.39, 0.29) is 23.7 Å². The molecular formula is C22H26FN3O2. The van der Waals surface area contributed by atoms with E-state index in [0.717, 1.165) is 19.3 Å². The van der Waals surface area contributed by atoms with Crippen molar-refractivity contribution in [2.45, 2.75) is 38.6 Å². The number of amides is 2. The molecule has 0 aliphatic heterocycles. The van der Waals surface area contributed by atoms with Gasteiger partial charge in [0.2, 0.25) is 5.91 Å². The van der Waals surface area contributed by atoms with E-state index in [1.54, 1.807) is 43.3 Å². The molecule has 0 bridgehead atoms. The van der Waals surface area contributed by atoms with Crippen LogP contribution >= 0.6 is 0 Å². The summed E-state index contributed by atoms with van der Waals surface area (Å²) in [6.07, 6.45) is 4.72. The Hall–Kier alpha value is -2.76. The zero-order valence-electron chi connectivity index (χ0n) is 16.5. The van der Waals surface area contributed by atoms with Gasteiger partial charge in [0, 0.05) is 37.3 Å². The van der Waals surface area contributed by atoms with E-state index in [1.807, 2.05) is 6.92 Å². The van der Waals surface area contributed by atoms with Crippen molar-refractivity contribution < 1.29 is 14.0 Å². The van der Waals surface area contributed by atoms with Crippen LogP contribution in [0.5, 0.6) is 0 Å². The summed E-state index contributed by atoms with van der Waals surface area (Å²) in [5.41, 5.74) is 1.28. The highest BCUT2D eigenvalue weighted by atomic mass is 19.1. The quantitative estimate of drug-likeness (QED) is 0.877. The van der Waals surface area contributed by atoms with E-state index in [4.69, 9.17) is 0 Å². The van der Waals surface area contributed by atoms with Crippen molar-refractivity contribution in [2.24, 2.45) is 5.41 Å². The average molecular weight is 383 g/mol. The van der Waals surface area contributed by atoms with Gasteiger partial charge in [0.1, 0.15) is 5.82 Å². The Morgan fingerprint density at radius 1 is 1.25 bits per heavy atom. The fourth-order valence-electron chi connectivity index (χ4n) is 3.96. The molecule has 0 saturated heterocycles. The fraction of sp³-hybridized carbons (Fsp3) is 0.409. The van der Waals surface area contributed by atoms with Crippen molar-refractivity contribution in [3.63, 3.8) is 0 Å². The van der Waals surface area contributed by atoms with Crippen molar-refractivity contribution >= 4 is 11.8 Å². The lowest BCUT2D eigenvalue weighted by Gasteiger charge is -2.38. The third-order valence-electron chi connectivity index (χ3n) is 5.38. The van der Waals surface area contributed by atoms with Crippen LogP contribution in [-0.2, 0) is 4.79 Å². The number of carbonyl (C=O) groups excluding carboxylic acids is 2. The van der Waals surface area contributed by atoms with E-state index in [1.165, 1.54) is 18.3 Å². The lowest BCUT2D eigenvalue weighted by Crippen LogP contribution is -2.47. The zero-order chi connectivity index (χ0) is 20.3. The second-order valence-corrected chi connectivity index (χ2v) is 7.97. The molecule has 1 heterocycles. The number of aromatic nitrogens is 1. The number of halogens is 1. The van der Waals surface area contributed by atoms with E-state index < -0.39 is 5.41 Å². The molecule has 1 aliphatic carbocycles. The largest absolute Gasteiger partial charge is 0.349 e. The van der Waals surface area contributed by atoms with Crippen molar-refractivity contribution in [3.8, 4) is 11.3 Å². The highest BCUT2D eigenvalue weighted by Crippen LogP contribution is 2.37. The van der Waals surface area contributed by atoms with Gasteiger partial charge in [-0.15, -0.1) is 0 Å². The monoisotopic (exact) mass is 383 g/mol. The predicted octanol–water partition coefficient (Wildman–Crippen LogP) is 3.65. The van der Waals surface area contributed by atoms with Crippen LogP contribution in [-0.4, -0.2) is 41.8 Å². The summed E-state index contributed by atoms with van der Waals surface area (Å²) in [6, 6.07) is 9.55. The van der Waals surface area contributed by atoms with E-state index in [9.17, 15) is 14.0 Å². The minimum Gasteiger partial charge on any atom is -0.349 e. The summed E-state index contributed by atoms with van der Waals surface area (Å²) in [5.74, 6) is -0.425. The molecule has 1 fully saturated rings. The molecule has 148 valence electrons. The lowest BCUT2D eigenvalue weighted by molar-refractivity contribution is -0.140. The minimum atomic E-state index is -0.445. The molecule has 28 heavy (non-hydrogen) atoms. The maximum absolute atomic E-state index is 13.4. The van der Waals surface area contributed by atoms with Gasteiger partial charge in [-0.2, -0.15) is 0 Å². The first-order chi connectivity index (χ1) is 13.3. The van der Waals surface area contributed by atoms with Crippen molar-refractivity contribution in [3.05, 3.63) is 54.0 Å². The van der Waals surface area contributed by atoms with Gasteiger partial charge in [0.05, 0.1) is 11.3 Å². The topological polar surface area (TPSA) is 62.3 Å². The van der Waals surface area contributed by atoms with Gasteiger partial charge >= 0.3 is 0 Å². The van der Waals surface area contributed by atoms with Crippen molar-refractivity contribution in [1.82, 2.24) is 15.2 Å². The Bertz CT molecular complexity index is 866. The first-order valence-corrected chi connectivity index (χ1v) is 9.53. The number of rotatable bonds is 4. The molecule has 2 aromatic rings. The Morgan fingerprint density at radius 3 is 2.68 bits per heavy atom. The molecule has 1 aliphatic rings. The van der Waals surface area contributed by atoms with E-state index in [2.05, 4.69) is 10.3 Å². The molecule has 1 saturated carbocycles. The Kier molecular flexibility index (Phi) is 5.77. The van der Waals surface area contributed by atoms with Gasteiger partial charge in [-0.25, -0.2) is 4.39 Å². The lowest BCUT2D eigenvalue weighted by atomic mass is 9.72. The van der Waals surface area contributed by atoms with E-state index in [0.29, 0.717) is 23.2 Å². The number of pyridine rings is 1. The van der Waals surface area contributed by atoms with Crippen LogP contribution in [0.3, 0.4) is 0 Å². The van der Waals surface area contributed by atoms with Gasteiger partial charge in [-0.1, -0.05) is 25.5 Å². The highest BCUT2D eigenvalue weighted by molar-refractivity contribution is 5.94. The predicted molar refractivity (Wildman–Crippen MR) is 106 cm³/mol. The molecule has 6 heteroatoms. The number of nitrogens with one attached hydrogen (secondary N) is 1. The third kappa shape index (κ3) is 4.38. The van der Waals surface area contributed by atoms with Gasteiger partial charge in [0.15, 0.2) is 0 Å². The van der Waals surface area contributed by atoms with Crippen LogP contribution in [0, 0.1) is 11.2 Å². The Morgan fingerprint density at radius 2 is 2.04 bits per heavy atom. The molecule has 0 spiro atoms. The number of carbonyl (C=O) groups is 2. The van der Waals surface area contributed by atoms with Crippen LogP contribution in [0.25, 0.3) is 11.3 Å². The molecule has 5 nitrogen and oxygen atoms in total. The first-order valence-electron chi connectivity index (χ1n) is 9.53. The van der Waals surface area contributed by atoms with Gasteiger partial charge in [-0.3, -0.25) is 14.6 Å². The Balaban J connectivity index is 1.67. The number of hydrogen-bond donors (Lipinski definition) is 1. The molecule has 0 radical (unpaired) electrons. The number of hydrogen-bond acceptors (Lipinski definition) is 3. The third-order valence-corrected chi connectivity index (χ3v) is 5.38. The van der Waals surface area contributed by atoms with Gasteiger partial charge in [0.25, 0.3) is 5.91 Å². The second kappa shape index (κ2) is 8.09. The number of benzene rings is 1. The second-order valence-electron chi connectivity index (χ2n) is 7.97. The number of nitrogens with zero attached hydrogens (tertiary/aromatic N) is 2. The average Bonchev–Trinajstić information content (AvgIpc) is 2.67. The molecule has 3 rings (SSSR count). The van der Waals surface area contributed by atoms with Crippen molar-refractivity contribution in [2.75, 3.05) is 14.1 Å². The summed E-state index contributed by atoms with van der Waals surface area (Å²) >= 11 is 0. The first kappa shape index (κ1) is 20.0. The SMILES string of the molecule is CN(C)C(=O)[C@@]1(C)CCC[C@@H](NC(=O)c2ccc(-c3cccc(F)c3)nc2)C1. The fourth-order valence-corrected chi connectivity index (χ4v) is 3.96. The molecule has 2 atom stereocenters. The summed E-state index contributed by atoms with van der Waals surface area (Å²) in [7, 11) is 3.53. The molecule has 1 aromatic carbocycles. The van der Waals surface area contributed by atoms with Gasteiger partial charge < -0.3 is 10.2 Å². The normalized spacial score (nSPS) is 21.8. The molecule has 2 amide bonds. The van der Waals surface area contributed by atoms with Crippen LogP contribution in [0.4, 0.5) is 4.39 Å². The molecule has 1 aromatic heterocycles. The van der Waals surface area contributed by atoms with E-state index >= 15 is 0 Å². The smallest absolute Gasteiger partial charge is 0.253 e. The van der Waals surface area contributed by atoms with Crippen LogP contribution in [0.2, 0.25) is 0 Å². The van der Waals surface area contributed by atoms with Crippen LogP contribution in [0.1, 0.15) is 43.0 Å². The molecular weight excluding hydrogens is 357 g/mol. The van der Waals surface area contributed by atoms with Gasteiger partial charge in [-0.05, 0) is 43.5 Å². The van der Waals surface area contributed by atoms with Crippen molar-refractivity contribution in [1.29, 1.82) is 0 Å². The zero-order valence-corrected chi connectivity index (χ0v) is 16.5. The summed E-state index contributed by atoms with van der Waals surface area (Å²) in [5, 5.41) is 3.04. The highest BCUT2D eigenvalue weighted by Gasteiger charge is 2.39. The maximum Gasteiger partial charge on any atom is 0.253 e. The summed E-state index contributed by atoms with van der Waals surface area (Å²) in [4.78, 5) is 31.0. The molecule has 0 unspecified atom stereocenters. The summed E-state index contributed by atoms with van der Waals surface area (Å²) < 4.78 is 13.4. The minimum absolute atomic E-state index is 0.0435.